The van der Waals surface area contributed by atoms with E-state index in [1.54, 1.807) is 6.07 Å². The number of ether oxygens (including phenoxy) is 3. The highest BCUT2D eigenvalue weighted by molar-refractivity contribution is 5.92. The van der Waals surface area contributed by atoms with Crippen LogP contribution in [0.25, 0.3) is 0 Å². The molecule has 1 aromatic heterocycles. The van der Waals surface area contributed by atoms with Crippen molar-refractivity contribution in [1.82, 2.24) is 15.3 Å². The third kappa shape index (κ3) is 4.37. The van der Waals surface area contributed by atoms with Gasteiger partial charge in [0.1, 0.15) is 11.4 Å². The molecule has 0 fully saturated rings. The summed E-state index contributed by atoms with van der Waals surface area (Å²) >= 11 is 0. The van der Waals surface area contributed by atoms with Crippen LogP contribution < -0.4 is 24.8 Å². The van der Waals surface area contributed by atoms with Gasteiger partial charge in [0.2, 0.25) is 12.7 Å². The number of hydrogen-bond acceptors (Lipinski definition) is 7. The summed E-state index contributed by atoms with van der Waals surface area (Å²) in [5.74, 6) is 2.09. The van der Waals surface area contributed by atoms with Crippen molar-refractivity contribution in [3.63, 3.8) is 0 Å². The van der Waals surface area contributed by atoms with Gasteiger partial charge in [-0.3, -0.25) is 4.79 Å². The molecule has 0 aliphatic carbocycles. The molecule has 4 rings (SSSR count). The van der Waals surface area contributed by atoms with E-state index >= 15 is 0 Å². The number of nitrogens with zero attached hydrogens (tertiary/aromatic N) is 2. The highest BCUT2D eigenvalue weighted by atomic mass is 16.7. The Hall–Kier alpha value is -3.81. The summed E-state index contributed by atoms with van der Waals surface area (Å²) in [4.78, 5) is 21.0. The lowest BCUT2D eigenvalue weighted by Crippen LogP contribution is -2.24. The summed E-state index contributed by atoms with van der Waals surface area (Å²) < 4.78 is 16.2. The van der Waals surface area contributed by atoms with Gasteiger partial charge in [0, 0.05) is 12.7 Å². The number of nitrogens with one attached hydrogen (secondary N) is 2. The number of benzene rings is 2. The maximum atomic E-state index is 12.5. The van der Waals surface area contributed by atoms with Crippen LogP contribution in [0, 0.1) is 0 Å². The second-order valence-electron chi connectivity index (χ2n) is 6.19. The van der Waals surface area contributed by atoms with Crippen LogP contribution in [0.4, 0.5) is 11.6 Å². The highest BCUT2D eigenvalue weighted by Crippen LogP contribution is 2.32. The highest BCUT2D eigenvalue weighted by Gasteiger charge is 2.14. The van der Waals surface area contributed by atoms with Gasteiger partial charge in [-0.25, -0.2) is 9.97 Å². The molecule has 1 amide bonds. The molecule has 1 aliphatic rings. The first-order chi connectivity index (χ1) is 14.2. The van der Waals surface area contributed by atoms with Crippen molar-refractivity contribution in [2.75, 3.05) is 18.7 Å². The van der Waals surface area contributed by atoms with Crippen LogP contribution in [0.1, 0.15) is 23.0 Å². The minimum absolute atomic E-state index is 0.217. The number of rotatable bonds is 7. The summed E-state index contributed by atoms with van der Waals surface area (Å²) in [7, 11) is 0. The third-order valence-corrected chi connectivity index (χ3v) is 4.21. The number of carbonyl (C=O) groups excluding carboxylic acids is 1. The maximum absolute atomic E-state index is 12.5. The molecule has 0 radical (unpaired) electrons. The van der Waals surface area contributed by atoms with E-state index in [-0.39, 0.29) is 18.4 Å². The summed E-state index contributed by atoms with van der Waals surface area (Å²) in [6.07, 6.45) is 1.54. The molecule has 2 heterocycles. The molecule has 8 heteroatoms. The van der Waals surface area contributed by atoms with Crippen LogP contribution in [0.2, 0.25) is 0 Å². The van der Waals surface area contributed by atoms with E-state index in [4.69, 9.17) is 14.2 Å². The average molecular weight is 392 g/mol. The summed E-state index contributed by atoms with van der Waals surface area (Å²) in [5, 5.41) is 5.95. The summed E-state index contributed by atoms with van der Waals surface area (Å²) in [5.41, 5.74) is 1.89. The first-order valence-corrected chi connectivity index (χ1v) is 9.21. The topological polar surface area (TPSA) is 94.6 Å². The van der Waals surface area contributed by atoms with E-state index in [1.807, 2.05) is 49.4 Å². The quantitative estimate of drug-likeness (QED) is 0.637. The van der Waals surface area contributed by atoms with Crippen LogP contribution in [-0.2, 0) is 6.54 Å². The number of aromatic nitrogens is 2. The lowest BCUT2D eigenvalue weighted by atomic mass is 10.2. The van der Waals surface area contributed by atoms with Crippen molar-refractivity contribution >= 4 is 17.5 Å². The van der Waals surface area contributed by atoms with E-state index in [0.29, 0.717) is 36.3 Å². The smallest absolute Gasteiger partial charge is 0.270 e. The number of fused-ring (bicyclic) bond motifs is 1. The van der Waals surface area contributed by atoms with E-state index in [0.717, 1.165) is 11.3 Å². The van der Waals surface area contributed by atoms with Gasteiger partial charge in [0.25, 0.3) is 5.91 Å². The molecule has 0 spiro atoms. The fourth-order valence-electron chi connectivity index (χ4n) is 2.84. The fourth-order valence-corrected chi connectivity index (χ4v) is 2.84. The van der Waals surface area contributed by atoms with E-state index in [1.165, 1.54) is 6.20 Å². The Morgan fingerprint density at radius 2 is 2.00 bits per heavy atom. The van der Waals surface area contributed by atoms with E-state index in [2.05, 4.69) is 20.6 Å². The Morgan fingerprint density at radius 1 is 1.14 bits per heavy atom. The average Bonchev–Trinajstić information content (AvgIpc) is 3.22. The Morgan fingerprint density at radius 3 is 2.90 bits per heavy atom. The van der Waals surface area contributed by atoms with Crippen molar-refractivity contribution in [2.45, 2.75) is 13.5 Å². The maximum Gasteiger partial charge on any atom is 0.270 e. The number of hydrogen-bond donors (Lipinski definition) is 2. The molecule has 148 valence electrons. The number of carbonyl (C=O) groups is 1. The SMILES string of the molecule is CCOc1ccccc1Nc1nccc(C(=O)NCc2ccc3c(c2)OCO3)n1. The van der Waals surface area contributed by atoms with Crippen LogP contribution >= 0.6 is 0 Å². The molecule has 8 nitrogen and oxygen atoms in total. The lowest BCUT2D eigenvalue weighted by molar-refractivity contribution is 0.0946. The van der Waals surface area contributed by atoms with Gasteiger partial charge in [0.05, 0.1) is 12.3 Å². The molecule has 1 aliphatic heterocycles. The number of anilines is 2. The second kappa shape index (κ2) is 8.47. The van der Waals surface area contributed by atoms with Crippen molar-refractivity contribution in [3.05, 3.63) is 66.0 Å². The lowest BCUT2D eigenvalue weighted by Gasteiger charge is -2.11. The fraction of sp³-hybridized carbons (Fsp3) is 0.190. The molecular weight excluding hydrogens is 372 g/mol. The monoisotopic (exact) mass is 392 g/mol. The van der Waals surface area contributed by atoms with Gasteiger partial charge in [0.15, 0.2) is 11.5 Å². The van der Waals surface area contributed by atoms with Crippen molar-refractivity contribution in [2.24, 2.45) is 0 Å². The molecule has 0 atom stereocenters. The predicted octanol–water partition coefficient (Wildman–Crippen LogP) is 3.28. The predicted molar refractivity (Wildman–Crippen MR) is 107 cm³/mol. The van der Waals surface area contributed by atoms with Gasteiger partial charge in [-0.15, -0.1) is 0 Å². The number of para-hydroxylation sites is 2. The molecule has 0 saturated carbocycles. The molecule has 0 unspecified atom stereocenters. The van der Waals surface area contributed by atoms with Crippen LogP contribution in [0.15, 0.2) is 54.7 Å². The Balaban J connectivity index is 1.42. The van der Waals surface area contributed by atoms with Crippen LogP contribution in [-0.4, -0.2) is 29.3 Å². The van der Waals surface area contributed by atoms with Crippen molar-refractivity contribution < 1.29 is 19.0 Å². The molecule has 0 saturated heterocycles. The van der Waals surface area contributed by atoms with E-state index < -0.39 is 0 Å². The van der Waals surface area contributed by atoms with Gasteiger partial charge in [-0.05, 0) is 42.8 Å². The minimum Gasteiger partial charge on any atom is -0.492 e. The van der Waals surface area contributed by atoms with Gasteiger partial charge in [-0.2, -0.15) is 0 Å². The molecule has 29 heavy (non-hydrogen) atoms. The zero-order valence-corrected chi connectivity index (χ0v) is 15.8. The second-order valence-corrected chi connectivity index (χ2v) is 6.19. The van der Waals surface area contributed by atoms with Gasteiger partial charge < -0.3 is 24.8 Å². The molecule has 3 aromatic rings. The zero-order valence-electron chi connectivity index (χ0n) is 15.8. The van der Waals surface area contributed by atoms with Gasteiger partial charge >= 0.3 is 0 Å². The Bertz CT molecular complexity index is 1030. The van der Waals surface area contributed by atoms with Crippen molar-refractivity contribution in [1.29, 1.82) is 0 Å². The summed E-state index contributed by atoms with van der Waals surface area (Å²) in [6.45, 7) is 3.02. The largest absolute Gasteiger partial charge is 0.492 e. The Kier molecular flexibility index (Phi) is 5.42. The van der Waals surface area contributed by atoms with Gasteiger partial charge in [-0.1, -0.05) is 18.2 Å². The molecular formula is C21H20N4O4. The first-order valence-electron chi connectivity index (χ1n) is 9.21. The summed E-state index contributed by atoms with van der Waals surface area (Å²) in [6, 6.07) is 14.6. The molecule has 0 bridgehead atoms. The third-order valence-electron chi connectivity index (χ3n) is 4.21. The van der Waals surface area contributed by atoms with Crippen LogP contribution in [0.3, 0.4) is 0 Å². The Labute approximate surface area is 167 Å². The normalized spacial score (nSPS) is 11.8. The number of amides is 1. The van der Waals surface area contributed by atoms with E-state index in [9.17, 15) is 4.79 Å². The zero-order chi connectivity index (χ0) is 20.1. The standard InChI is InChI=1S/C21H20N4O4/c1-2-27-17-6-4-3-5-15(17)24-21-22-10-9-16(25-21)20(26)23-12-14-7-8-18-19(11-14)29-13-28-18/h3-11H,2,12-13H2,1H3,(H,23,26)(H,22,24,25). The van der Waals surface area contributed by atoms with Crippen LogP contribution in [0.5, 0.6) is 17.2 Å². The molecule has 2 aromatic carbocycles. The van der Waals surface area contributed by atoms with Crippen molar-refractivity contribution in [3.8, 4) is 17.2 Å². The molecule has 2 N–H and O–H groups in total. The minimum atomic E-state index is -0.300. The first kappa shape index (κ1) is 18.5.